The van der Waals surface area contributed by atoms with Gasteiger partial charge in [-0.05, 0) is 77.0 Å². The standard InChI is InChI=1S/C50H84O6/c1-4-7-10-13-16-19-22-23-24-25-26-27-29-31-34-37-40-43-49(52)55-46-47(45-54-48(51)42-39-36-33-30-21-18-15-12-9-6-3)56-50(53)44-41-38-35-32-28-20-17-14-11-8-5-2/h8,11,17,20,23-24,26-27,31-32,34-35,47H,4-7,9-10,12-16,18-19,21-22,25,28-30,33,36-46H2,1-3H3/b11-8-,20-17-,24-23-,27-26-,34-31-,35-32-. The second kappa shape index (κ2) is 44.6. The molecule has 0 N–H and O–H groups in total. The van der Waals surface area contributed by atoms with Crippen LogP contribution >= 0.6 is 0 Å². The Bertz CT molecular complexity index is 1080. The van der Waals surface area contributed by atoms with Crippen LogP contribution in [0.2, 0.25) is 0 Å². The maximum absolute atomic E-state index is 12.7. The molecule has 0 rings (SSSR count). The van der Waals surface area contributed by atoms with Crippen LogP contribution in [0.1, 0.15) is 207 Å². The van der Waals surface area contributed by atoms with Crippen molar-refractivity contribution >= 4 is 17.9 Å². The lowest BCUT2D eigenvalue weighted by molar-refractivity contribution is -0.167. The number of ether oxygens (including phenoxy) is 3. The molecule has 0 heterocycles. The SMILES string of the molecule is CC/C=C\C/C=C\C/C=C\CCCC(=O)OC(COC(=O)CCC/C=C\C/C=C\C/C=C\CCCCCCCC)COC(=O)CCCCCCCCCCCC. The zero-order chi connectivity index (χ0) is 40.8. The maximum atomic E-state index is 12.7. The minimum Gasteiger partial charge on any atom is -0.462 e. The Hall–Kier alpha value is -3.15. The van der Waals surface area contributed by atoms with Gasteiger partial charge in [0, 0.05) is 19.3 Å². The molecule has 6 heteroatoms. The van der Waals surface area contributed by atoms with Gasteiger partial charge < -0.3 is 14.2 Å². The van der Waals surface area contributed by atoms with E-state index in [4.69, 9.17) is 14.2 Å². The molecule has 0 bridgehead atoms. The molecule has 0 saturated carbocycles. The monoisotopic (exact) mass is 781 g/mol. The van der Waals surface area contributed by atoms with Gasteiger partial charge in [-0.3, -0.25) is 14.4 Å². The lowest BCUT2D eigenvalue weighted by atomic mass is 10.1. The largest absolute Gasteiger partial charge is 0.462 e. The first-order chi connectivity index (χ1) is 27.5. The van der Waals surface area contributed by atoms with Gasteiger partial charge >= 0.3 is 17.9 Å². The summed E-state index contributed by atoms with van der Waals surface area (Å²) in [5, 5.41) is 0. The number of carbonyl (C=O) groups excluding carboxylic acids is 3. The fourth-order valence-corrected chi connectivity index (χ4v) is 6.01. The van der Waals surface area contributed by atoms with E-state index in [1.807, 2.05) is 0 Å². The summed E-state index contributed by atoms with van der Waals surface area (Å²) in [4.78, 5) is 37.6. The molecule has 0 amide bonds. The quantitative estimate of drug-likeness (QED) is 0.0267. The van der Waals surface area contributed by atoms with E-state index in [2.05, 4.69) is 93.7 Å². The topological polar surface area (TPSA) is 78.9 Å². The van der Waals surface area contributed by atoms with Crippen LogP contribution in [0, 0.1) is 0 Å². The highest BCUT2D eigenvalue weighted by atomic mass is 16.6. The van der Waals surface area contributed by atoms with Gasteiger partial charge in [0.1, 0.15) is 13.2 Å². The highest BCUT2D eigenvalue weighted by Gasteiger charge is 2.19. The molecule has 0 spiro atoms. The van der Waals surface area contributed by atoms with Gasteiger partial charge in [-0.15, -0.1) is 0 Å². The van der Waals surface area contributed by atoms with Crippen molar-refractivity contribution in [1.29, 1.82) is 0 Å². The van der Waals surface area contributed by atoms with Crippen molar-refractivity contribution in [3.8, 4) is 0 Å². The minimum atomic E-state index is -0.817. The first-order valence-electron chi connectivity index (χ1n) is 22.9. The number of unbranched alkanes of at least 4 members (excludes halogenated alkanes) is 17. The first-order valence-corrected chi connectivity index (χ1v) is 22.9. The molecule has 0 aliphatic rings. The molecule has 1 atom stereocenters. The molecule has 6 nitrogen and oxygen atoms in total. The van der Waals surface area contributed by atoms with Gasteiger partial charge in [0.05, 0.1) is 0 Å². The molecule has 0 saturated heterocycles. The van der Waals surface area contributed by atoms with Crippen molar-refractivity contribution in [2.24, 2.45) is 0 Å². The zero-order valence-electron chi connectivity index (χ0n) is 36.4. The van der Waals surface area contributed by atoms with E-state index in [0.29, 0.717) is 19.3 Å². The van der Waals surface area contributed by atoms with Gasteiger partial charge in [-0.25, -0.2) is 0 Å². The number of carbonyl (C=O) groups is 3. The van der Waals surface area contributed by atoms with Gasteiger partial charge in [-0.1, -0.05) is 184 Å². The highest BCUT2D eigenvalue weighted by molar-refractivity contribution is 5.71. The third kappa shape index (κ3) is 42.0. The molecule has 56 heavy (non-hydrogen) atoms. The summed E-state index contributed by atoms with van der Waals surface area (Å²) >= 11 is 0. The molecule has 0 aromatic heterocycles. The van der Waals surface area contributed by atoms with Crippen molar-refractivity contribution in [2.75, 3.05) is 13.2 Å². The van der Waals surface area contributed by atoms with E-state index in [1.54, 1.807) is 0 Å². The molecule has 0 aromatic rings. The third-order valence-corrected chi connectivity index (χ3v) is 9.45. The van der Waals surface area contributed by atoms with Crippen LogP contribution in [-0.2, 0) is 28.6 Å². The number of hydrogen-bond donors (Lipinski definition) is 0. The summed E-state index contributed by atoms with van der Waals surface area (Å²) in [5.41, 5.74) is 0. The fraction of sp³-hybridized carbons (Fsp3) is 0.700. The molecule has 0 radical (unpaired) electrons. The van der Waals surface area contributed by atoms with Crippen LogP contribution in [0.4, 0.5) is 0 Å². The van der Waals surface area contributed by atoms with Gasteiger partial charge in [0.15, 0.2) is 6.10 Å². The molecule has 0 aromatic carbocycles. The van der Waals surface area contributed by atoms with Gasteiger partial charge in [0.2, 0.25) is 0 Å². The minimum absolute atomic E-state index is 0.111. The molecular weight excluding hydrogens is 697 g/mol. The molecular formula is C50H84O6. The van der Waals surface area contributed by atoms with Gasteiger partial charge in [-0.2, -0.15) is 0 Å². The van der Waals surface area contributed by atoms with Crippen LogP contribution in [0.3, 0.4) is 0 Å². The van der Waals surface area contributed by atoms with E-state index >= 15 is 0 Å². The van der Waals surface area contributed by atoms with Crippen LogP contribution in [0.15, 0.2) is 72.9 Å². The Morgan fingerprint density at radius 1 is 0.375 bits per heavy atom. The number of allylic oxidation sites excluding steroid dienone is 12. The highest BCUT2D eigenvalue weighted by Crippen LogP contribution is 2.13. The van der Waals surface area contributed by atoms with Crippen molar-refractivity contribution < 1.29 is 28.6 Å². The van der Waals surface area contributed by atoms with Crippen molar-refractivity contribution in [1.82, 2.24) is 0 Å². The smallest absolute Gasteiger partial charge is 0.306 e. The average Bonchev–Trinajstić information content (AvgIpc) is 3.19. The Morgan fingerprint density at radius 2 is 0.714 bits per heavy atom. The second-order valence-corrected chi connectivity index (χ2v) is 14.9. The average molecular weight is 781 g/mol. The summed E-state index contributed by atoms with van der Waals surface area (Å²) in [7, 11) is 0. The lowest BCUT2D eigenvalue weighted by Gasteiger charge is -2.18. The number of hydrogen-bond acceptors (Lipinski definition) is 6. The van der Waals surface area contributed by atoms with Crippen LogP contribution in [-0.4, -0.2) is 37.2 Å². The Labute approximate surface area is 344 Å². The van der Waals surface area contributed by atoms with Crippen molar-refractivity contribution in [3.63, 3.8) is 0 Å². The number of rotatable bonds is 40. The summed E-state index contributed by atoms with van der Waals surface area (Å²) in [6.45, 7) is 6.39. The summed E-state index contributed by atoms with van der Waals surface area (Å²) < 4.78 is 16.6. The van der Waals surface area contributed by atoms with Crippen LogP contribution in [0.25, 0.3) is 0 Å². The Kier molecular flexibility index (Phi) is 42.1. The Balaban J connectivity index is 4.49. The maximum Gasteiger partial charge on any atom is 0.306 e. The molecule has 1 unspecified atom stereocenters. The first kappa shape index (κ1) is 52.9. The van der Waals surface area contributed by atoms with Crippen molar-refractivity contribution in [3.05, 3.63) is 72.9 Å². The fourth-order valence-electron chi connectivity index (χ4n) is 6.01. The number of esters is 3. The van der Waals surface area contributed by atoms with E-state index in [1.165, 1.54) is 89.9 Å². The predicted molar refractivity (Wildman–Crippen MR) is 238 cm³/mol. The summed E-state index contributed by atoms with van der Waals surface area (Å²) in [5.74, 6) is -1.03. The summed E-state index contributed by atoms with van der Waals surface area (Å²) in [6, 6.07) is 0. The third-order valence-electron chi connectivity index (χ3n) is 9.45. The Morgan fingerprint density at radius 3 is 1.16 bits per heavy atom. The van der Waals surface area contributed by atoms with Crippen LogP contribution in [0.5, 0.6) is 0 Å². The molecule has 0 aliphatic heterocycles. The summed E-state index contributed by atoms with van der Waals surface area (Å²) in [6.07, 6.45) is 54.8. The normalized spacial score (nSPS) is 12.7. The predicted octanol–water partition coefficient (Wildman–Crippen LogP) is 14.7. The molecule has 0 aliphatic carbocycles. The van der Waals surface area contributed by atoms with E-state index < -0.39 is 6.10 Å². The van der Waals surface area contributed by atoms with Gasteiger partial charge in [0.25, 0.3) is 0 Å². The molecule has 320 valence electrons. The van der Waals surface area contributed by atoms with E-state index in [-0.39, 0.29) is 44.0 Å². The zero-order valence-corrected chi connectivity index (χ0v) is 36.4. The second-order valence-electron chi connectivity index (χ2n) is 14.9. The van der Waals surface area contributed by atoms with Crippen molar-refractivity contribution in [2.45, 2.75) is 213 Å². The van der Waals surface area contributed by atoms with E-state index in [9.17, 15) is 14.4 Å². The van der Waals surface area contributed by atoms with Crippen LogP contribution < -0.4 is 0 Å². The van der Waals surface area contributed by atoms with E-state index in [0.717, 1.165) is 64.2 Å². The molecule has 0 fully saturated rings. The lowest BCUT2D eigenvalue weighted by Crippen LogP contribution is -2.30.